The number of aryl methyl sites for hydroxylation is 1. The molecular weight excluding hydrogens is 184 g/mol. The van der Waals surface area contributed by atoms with Crippen LogP contribution in [0.4, 0.5) is 8.78 Å². The van der Waals surface area contributed by atoms with E-state index in [0.717, 1.165) is 0 Å². The average molecular weight is 199 g/mol. The van der Waals surface area contributed by atoms with Gasteiger partial charge in [0.25, 0.3) is 0 Å². The van der Waals surface area contributed by atoms with Gasteiger partial charge in [-0.3, -0.25) is 0 Å². The third-order valence-corrected chi connectivity index (χ3v) is 2.23. The van der Waals surface area contributed by atoms with Crippen molar-refractivity contribution in [1.82, 2.24) is 0 Å². The van der Waals surface area contributed by atoms with Crippen LogP contribution in [0.25, 0.3) is 0 Å². The van der Waals surface area contributed by atoms with Gasteiger partial charge in [-0.15, -0.1) is 0 Å². The van der Waals surface area contributed by atoms with E-state index < -0.39 is 11.6 Å². The molecule has 14 heavy (non-hydrogen) atoms. The van der Waals surface area contributed by atoms with E-state index in [4.69, 9.17) is 5.73 Å². The van der Waals surface area contributed by atoms with Crippen LogP contribution in [0.15, 0.2) is 12.1 Å². The van der Waals surface area contributed by atoms with E-state index in [1.54, 1.807) is 6.92 Å². The Bertz CT molecular complexity index is 321. The Morgan fingerprint density at radius 2 is 2.00 bits per heavy atom. The van der Waals surface area contributed by atoms with E-state index in [-0.39, 0.29) is 11.6 Å². The molecule has 0 heterocycles. The molecule has 0 aliphatic rings. The van der Waals surface area contributed by atoms with Gasteiger partial charge in [0.2, 0.25) is 0 Å². The molecule has 0 saturated heterocycles. The molecule has 1 aromatic carbocycles. The minimum Gasteiger partial charge on any atom is -0.328 e. The maximum absolute atomic E-state index is 13.4. The topological polar surface area (TPSA) is 26.0 Å². The molecule has 0 aliphatic heterocycles. The van der Waals surface area contributed by atoms with Crippen LogP contribution in [0.5, 0.6) is 0 Å². The standard InChI is InChI=1S/C11H15F2N/c1-7-3-6-10(12)9(11(7)13)5-4-8(2)14/h3,6,8H,4-5,14H2,1-2H3/t8-/m0/s1. The van der Waals surface area contributed by atoms with Crippen LogP contribution < -0.4 is 5.73 Å². The Labute approximate surface area is 82.9 Å². The van der Waals surface area contributed by atoms with Gasteiger partial charge in [0.1, 0.15) is 11.6 Å². The second-order valence-electron chi connectivity index (χ2n) is 3.67. The zero-order chi connectivity index (χ0) is 10.7. The lowest BCUT2D eigenvalue weighted by Crippen LogP contribution is -2.16. The van der Waals surface area contributed by atoms with E-state index in [2.05, 4.69) is 0 Å². The third kappa shape index (κ3) is 2.51. The van der Waals surface area contributed by atoms with Gasteiger partial charge >= 0.3 is 0 Å². The number of nitrogens with two attached hydrogens (primary N) is 1. The lowest BCUT2D eigenvalue weighted by atomic mass is 10.0. The average Bonchev–Trinajstić information content (AvgIpc) is 2.11. The lowest BCUT2D eigenvalue weighted by molar-refractivity contribution is 0.535. The van der Waals surface area contributed by atoms with Gasteiger partial charge in [-0.1, -0.05) is 6.07 Å². The van der Waals surface area contributed by atoms with Gasteiger partial charge in [0, 0.05) is 11.6 Å². The molecule has 1 atom stereocenters. The Morgan fingerprint density at radius 3 is 2.57 bits per heavy atom. The summed E-state index contributed by atoms with van der Waals surface area (Å²) in [4.78, 5) is 0. The van der Waals surface area contributed by atoms with Crippen LogP contribution in [0.3, 0.4) is 0 Å². The first-order chi connectivity index (χ1) is 6.52. The minimum absolute atomic E-state index is 0.0330. The highest BCUT2D eigenvalue weighted by atomic mass is 19.1. The van der Waals surface area contributed by atoms with Crippen molar-refractivity contribution in [2.75, 3.05) is 0 Å². The zero-order valence-electron chi connectivity index (χ0n) is 8.48. The summed E-state index contributed by atoms with van der Waals surface area (Å²) in [6.45, 7) is 3.45. The molecule has 1 nitrogen and oxygen atoms in total. The Balaban J connectivity index is 2.89. The number of rotatable bonds is 3. The first-order valence-electron chi connectivity index (χ1n) is 4.71. The first-order valence-corrected chi connectivity index (χ1v) is 4.71. The summed E-state index contributed by atoms with van der Waals surface area (Å²) < 4.78 is 26.6. The molecule has 3 heteroatoms. The summed E-state index contributed by atoms with van der Waals surface area (Å²) in [5.74, 6) is -0.917. The van der Waals surface area contributed by atoms with Crippen molar-refractivity contribution in [1.29, 1.82) is 0 Å². The second kappa shape index (κ2) is 4.51. The van der Waals surface area contributed by atoms with Gasteiger partial charge in [-0.2, -0.15) is 0 Å². The smallest absolute Gasteiger partial charge is 0.132 e. The molecule has 0 unspecified atom stereocenters. The molecule has 0 radical (unpaired) electrons. The fourth-order valence-electron chi connectivity index (χ4n) is 1.32. The molecule has 1 aromatic rings. The van der Waals surface area contributed by atoms with E-state index in [0.29, 0.717) is 18.4 Å². The molecule has 0 saturated carbocycles. The van der Waals surface area contributed by atoms with Crippen LogP contribution in [-0.2, 0) is 6.42 Å². The Hall–Kier alpha value is -0.960. The van der Waals surface area contributed by atoms with Gasteiger partial charge < -0.3 is 5.73 Å². The number of hydrogen-bond acceptors (Lipinski definition) is 1. The Kier molecular flexibility index (Phi) is 3.58. The molecule has 1 rings (SSSR count). The molecule has 0 aromatic heterocycles. The lowest BCUT2D eigenvalue weighted by Gasteiger charge is -2.08. The fourth-order valence-corrected chi connectivity index (χ4v) is 1.32. The summed E-state index contributed by atoms with van der Waals surface area (Å²) in [5, 5.41) is 0. The third-order valence-electron chi connectivity index (χ3n) is 2.23. The number of hydrogen-bond donors (Lipinski definition) is 1. The highest BCUT2D eigenvalue weighted by Gasteiger charge is 2.11. The highest BCUT2D eigenvalue weighted by molar-refractivity contribution is 5.26. The minimum atomic E-state index is -0.478. The molecule has 0 amide bonds. The molecule has 0 aliphatic carbocycles. The predicted octanol–water partition coefficient (Wildman–Crippen LogP) is 2.55. The first kappa shape index (κ1) is 11.1. The van der Waals surface area contributed by atoms with Gasteiger partial charge in [-0.05, 0) is 38.3 Å². The van der Waals surface area contributed by atoms with Crippen molar-refractivity contribution < 1.29 is 8.78 Å². The molecule has 0 spiro atoms. The van der Waals surface area contributed by atoms with Crippen LogP contribution >= 0.6 is 0 Å². The molecule has 2 N–H and O–H groups in total. The maximum atomic E-state index is 13.4. The normalized spacial score (nSPS) is 12.9. The summed E-state index contributed by atoms with van der Waals surface area (Å²) in [7, 11) is 0. The molecular formula is C11H15F2N. The van der Waals surface area contributed by atoms with Crippen molar-refractivity contribution in [3.63, 3.8) is 0 Å². The van der Waals surface area contributed by atoms with E-state index >= 15 is 0 Å². The summed E-state index contributed by atoms with van der Waals surface area (Å²) >= 11 is 0. The molecule has 0 bridgehead atoms. The van der Waals surface area contributed by atoms with Crippen molar-refractivity contribution >= 4 is 0 Å². The van der Waals surface area contributed by atoms with Crippen molar-refractivity contribution in [2.24, 2.45) is 5.73 Å². The Morgan fingerprint density at radius 1 is 1.36 bits per heavy atom. The summed E-state index contributed by atoms with van der Waals surface area (Å²) in [5.41, 5.74) is 6.17. The molecule has 78 valence electrons. The van der Waals surface area contributed by atoms with E-state index in [9.17, 15) is 8.78 Å². The SMILES string of the molecule is Cc1ccc(F)c(CC[C@H](C)N)c1F. The summed E-state index contributed by atoms with van der Waals surface area (Å²) in [6, 6.07) is 2.71. The second-order valence-corrected chi connectivity index (χ2v) is 3.67. The largest absolute Gasteiger partial charge is 0.328 e. The van der Waals surface area contributed by atoms with E-state index in [1.165, 1.54) is 12.1 Å². The van der Waals surface area contributed by atoms with Crippen LogP contribution in [0.1, 0.15) is 24.5 Å². The van der Waals surface area contributed by atoms with Gasteiger partial charge in [0.05, 0.1) is 0 Å². The zero-order valence-corrected chi connectivity index (χ0v) is 8.48. The van der Waals surface area contributed by atoms with Crippen LogP contribution in [0.2, 0.25) is 0 Å². The highest BCUT2D eigenvalue weighted by Crippen LogP contribution is 2.18. The monoisotopic (exact) mass is 199 g/mol. The quantitative estimate of drug-likeness (QED) is 0.795. The number of benzene rings is 1. The van der Waals surface area contributed by atoms with Crippen LogP contribution in [-0.4, -0.2) is 6.04 Å². The van der Waals surface area contributed by atoms with Gasteiger partial charge in [-0.25, -0.2) is 8.78 Å². The number of halogens is 2. The van der Waals surface area contributed by atoms with Gasteiger partial charge in [0.15, 0.2) is 0 Å². The van der Waals surface area contributed by atoms with Crippen molar-refractivity contribution in [3.05, 3.63) is 34.9 Å². The van der Waals surface area contributed by atoms with Crippen LogP contribution in [0, 0.1) is 18.6 Å². The van der Waals surface area contributed by atoms with Crippen molar-refractivity contribution in [2.45, 2.75) is 32.7 Å². The predicted molar refractivity (Wildman–Crippen MR) is 53.1 cm³/mol. The fraction of sp³-hybridized carbons (Fsp3) is 0.455. The van der Waals surface area contributed by atoms with E-state index in [1.807, 2.05) is 6.92 Å². The maximum Gasteiger partial charge on any atom is 0.132 e. The molecule has 0 fully saturated rings. The summed E-state index contributed by atoms with van der Waals surface area (Å²) in [6.07, 6.45) is 0.953. The van der Waals surface area contributed by atoms with Crippen molar-refractivity contribution in [3.8, 4) is 0 Å².